The van der Waals surface area contributed by atoms with E-state index in [0.717, 1.165) is 12.1 Å². The van der Waals surface area contributed by atoms with E-state index in [9.17, 15) is 27.6 Å². The second-order valence-electron chi connectivity index (χ2n) is 8.87. The van der Waals surface area contributed by atoms with E-state index in [1.165, 1.54) is 16.9 Å². The first-order valence-electron chi connectivity index (χ1n) is 12.0. The van der Waals surface area contributed by atoms with Gasteiger partial charge in [0.2, 0.25) is 5.91 Å². The molecule has 1 aromatic carbocycles. The lowest BCUT2D eigenvalue weighted by atomic mass is 10.2. The zero-order valence-corrected chi connectivity index (χ0v) is 20.4. The lowest BCUT2D eigenvalue weighted by Crippen LogP contribution is -2.51. The second-order valence-corrected chi connectivity index (χ2v) is 8.87. The number of rotatable bonds is 5. The average molecular weight is 538 g/mol. The summed E-state index contributed by atoms with van der Waals surface area (Å²) in [6, 6.07) is 11.3. The fourth-order valence-electron chi connectivity index (χ4n) is 4.22. The maximum absolute atomic E-state index is 12.9. The molecule has 10 nitrogen and oxygen atoms in total. The van der Waals surface area contributed by atoms with Crippen molar-refractivity contribution in [2.75, 3.05) is 31.5 Å². The Hall–Kier alpha value is -4.81. The third kappa shape index (κ3) is 5.87. The number of alkyl halides is 3. The molecule has 1 aliphatic rings. The van der Waals surface area contributed by atoms with Crippen LogP contribution in [0.2, 0.25) is 0 Å². The first-order chi connectivity index (χ1) is 18.7. The van der Waals surface area contributed by atoms with E-state index < -0.39 is 17.8 Å². The highest BCUT2D eigenvalue weighted by atomic mass is 19.4. The molecule has 0 radical (unpaired) electrons. The molecule has 1 aliphatic heterocycles. The zero-order chi connectivity index (χ0) is 27.6. The quantitative estimate of drug-likeness (QED) is 0.419. The third-order valence-corrected chi connectivity index (χ3v) is 6.21. The van der Waals surface area contributed by atoms with Crippen LogP contribution in [-0.4, -0.2) is 73.4 Å². The van der Waals surface area contributed by atoms with Crippen LogP contribution in [0.15, 0.2) is 67.1 Å². The Labute approximate surface area is 220 Å². The minimum atomic E-state index is -4.66. The Balaban J connectivity index is 1.19. The van der Waals surface area contributed by atoms with Gasteiger partial charge in [-0.2, -0.15) is 18.3 Å². The Morgan fingerprint density at radius 2 is 1.72 bits per heavy atom. The van der Waals surface area contributed by atoms with Gasteiger partial charge in [0.05, 0.1) is 11.1 Å². The summed E-state index contributed by atoms with van der Waals surface area (Å²) < 4.78 is 40.2. The summed E-state index contributed by atoms with van der Waals surface area (Å²) in [5.74, 6) is -1.06. The predicted octanol–water partition coefficient (Wildman–Crippen LogP) is 3.08. The minimum absolute atomic E-state index is 0.0128. The van der Waals surface area contributed by atoms with Crippen molar-refractivity contribution in [3.63, 3.8) is 0 Å². The van der Waals surface area contributed by atoms with Crippen molar-refractivity contribution < 1.29 is 27.6 Å². The predicted molar refractivity (Wildman–Crippen MR) is 134 cm³/mol. The standard InChI is InChI=1S/C26H22F3N7O3/c27-26(28,29)22-5-1-4-21(32-22)24(38)31-19-6-7-20-18(13-19)15-36(33-20)16-23(37)34-9-11-35(12-10-34)25(39)17-3-2-8-30-14-17/h1-8,13-15H,9-12,16H2,(H,31,38). The van der Waals surface area contributed by atoms with Crippen molar-refractivity contribution in [1.29, 1.82) is 0 Å². The molecular weight excluding hydrogens is 515 g/mol. The summed E-state index contributed by atoms with van der Waals surface area (Å²) >= 11 is 0. The molecule has 200 valence electrons. The highest BCUT2D eigenvalue weighted by Gasteiger charge is 2.33. The molecule has 39 heavy (non-hydrogen) atoms. The van der Waals surface area contributed by atoms with Gasteiger partial charge >= 0.3 is 6.18 Å². The Kier molecular flexibility index (Phi) is 6.96. The molecule has 3 amide bonds. The molecule has 0 bridgehead atoms. The Bertz CT molecular complexity index is 1530. The molecule has 1 N–H and O–H groups in total. The Morgan fingerprint density at radius 1 is 0.949 bits per heavy atom. The van der Waals surface area contributed by atoms with Gasteiger partial charge in [-0.3, -0.25) is 24.0 Å². The summed E-state index contributed by atoms with van der Waals surface area (Å²) in [4.78, 5) is 48.6. The summed E-state index contributed by atoms with van der Waals surface area (Å²) in [6.45, 7) is 1.59. The van der Waals surface area contributed by atoms with Crippen molar-refractivity contribution in [2.45, 2.75) is 12.7 Å². The fourth-order valence-corrected chi connectivity index (χ4v) is 4.22. The van der Waals surface area contributed by atoms with Crippen LogP contribution >= 0.6 is 0 Å². The largest absolute Gasteiger partial charge is 0.433 e. The number of aromatic nitrogens is 4. The van der Waals surface area contributed by atoms with E-state index in [1.54, 1.807) is 52.5 Å². The number of carbonyl (C=O) groups is 3. The van der Waals surface area contributed by atoms with Crippen molar-refractivity contribution in [1.82, 2.24) is 29.5 Å². The maximum atomic E-state index is 12.9. The molecule has 3 aromatic heterocycles. The molecule has 0 unspecified atom stereocenters. The number of amides is 3. The number of nitrogens with one attached hydrogen (secondary N) is 1. The van der Waals surface area contributed by atoms with Gasteiger partial charge in [0.1, 0.15) is 17.9 Å². The summed E-state index contributed by atoms with van der Waals surface area (Å²) in [5, 5.41) is 7.56. The van der Waals surface area contributed by atoms with Crippen molar-refractivity contribution in [3.8, 4) is 0 Å². The van der Waals surface area contributed by atoms with Crippen LogP contribution in [0, 0.1) is 0 Å². The van der Waals surface area contributed by atoms with Gasteiger partial charge < -0.3 is 15.1 Å². The van der Waals surface area contributed by atoms with E-state index >= 15 is 0 Å². The van der Waals surface area contributed by atoms with Crippen molar-refractivity contribution in [3.05, 3.63) is 84.1 Å². The van der Waals surface area contributed by atoms with Crippen LogP contribution in [0.5, 0.6) is 0 Å². The molecule has 0 spiro atoms. The molecule has 5 rings (SSSR count). The fraction of sp³-hybridized carbons (Fsp3) is 0.231. The molecule has 4 heterocycles. The Morgan fingerprint density at radius 3 is 2.44 bits per heavy atom. The third-order valence-electron chi connectivity index (χ3n) is 6.21. The molecule has 0 aliphatic carbocycles. The summed E-state index contributed by atoms with van der Waals surface area (Å²) in [7, 11) is 0. The SMILES string of the molecule is O=C(Nc1ccc2nn(CC(=O)N3CCN(C(=O)c4cccnc4)CC3)cc2c1)c1cccc(C(F)(F)F)n1. The zero-order valence-electron chi connectivity index (χ0n) is 20.4. The van der Waals surface area contributed by atoms with Gasteiger partial charge in [0, 0.05) is 55.8 Å². The number of halogens is 3. The highest BCUT2D eigenvalue weighted by Crippen LogP contribution is 2.27. The molecule has 13 heteroatoms. The van der Waals surface area contributed by atoms with Gasteiger partial charge in [-0.15, -0.1) is 0 Å². The average Bonchev–Trinajstić information content (AvgIpc) is 3.34. The lowest BCUT2D eigenvalue weighted by molar-refractivity contribution is -0.141. The van der Waals surface area contributed by atoms with Crippen LogP contribution in [0.4, 0.5) is 18.9 Å². The van der Waals surface area contributed by atoms with Gasteiger partial charge in [-0.05, 0) is 42.5 Å². The number of piperazine rings is 1. The molecule has 0 saturated carbocycles. The summed E-state index contributed by atoms with van der Waals surface area (Å²) in [6.07, 6.45) is 0.0994. The first-order valence-corrected chi connectivity index (χ1v) is 12.0. The van der Waals surface area contributed by atoms with Gasteiger partial charge in [0.15, 0.2) is 0 Å². The molecule has 4 aromatic rings. The van der Waals surface area contributed by atoms with Crippen molar-refractivity contribution in [2.24, 2.45) is 0 Å². The van der Waals surface area contributed by atoms with Crippen molar-refractivity contribution >= 4 is 34.3 Å². The van der Waals surface area contributed by atoms with E-state index in [-0.39, 0.29) is 24.1 Å². The number of fused-ring (bicyclic) bond motifs is 1. The van der Waals surface area contributed by atoms with Crippen LogP contribution in [-0.2, 0) is 17.5 Å². The van der Waals surface area contributed by atoms with E-state index in [2.05, 4.69) is 20.4 Å². The number of nitrogens with zero attached hydrogens (tertiary/aromatic N) is 6. The van der Waals surface area contributed by atoms with Crippen LogP contribution < -0.4 is 5.32 Å². The topological polar surface area (TPSA) is 113 Å². The van der Waals surface area contributed by atoms with Gasteiger partial charge in [0.25, 0.3) is 11.8 Å². The maximum Gasteiger partial charge on any atom is 0.433 e. The molecule has 1 fully saturated rings. The van der Waals surface area contributed by atoms with Crippen LogP contribution in [0.25, 0.3) is 10.9 Å². The van der Waals surface area contributed by atoms with E-state index in [4.69, 9.17) is 0 Å². The van der Waals surface area contributed by atoms with Crippen LogP contribution in [0.1, 0.15) is 26.5 Å². The smallest absolute Gasteiger partial charge is 0.338 e. The monoisotopic (exact) mass is 537 g/mol. The number of hydrogen-bond acceptors (Lipinski definition) is 6. The number of benzene rings is 1. The van der Waals surface area contributed by atoms with Crippen LogP contribution in [0.3, 0.4) is 0 Å². The van der Waals surface area contributed by atoms with Gasteiger partial charge in [-0.1, -0.05) is 6.07 Å². The normalized spacial score (nSPS) is 13.9. The minimum Gasteiger partial charge on any atom is -0.338 e. The number of pyridine rings is 2. The van der Waals surface area contributed by atoms with Gasteiger partial charge in [-0.25, -0.2) is 4.98 Å². The number of anilines is 1. The number of carbonyl (C=O) groups excluding carboxylic acids is 3. The molecular formula is C26H22F3N7O3. The van der Waals surface area contributed by atoms with E-state index in [1.807, 2.05) is 0 Å². The van der Waals surface area contributed by atoms with E-state index in [0.29, 0.717) is 48.3 Å². The summed E-state index contributed by atoms with van der Waals surface area (Å²) in [5.41, 5.74) is -0.106. The molecule has 0 atom stereocenters. The molecule has 1 saturated heterocycles. The lowest BCUT2D eigenvalue weighted by Gasteiger charge is -2.34. The first kappa shape index (κ1) is 25.8. The second kappa shape index (κ2) is 10.5. The number of hydrogen-bond donors (Lipinski definition) is 1. The highest BCUT2D eigenvalue weighted by molar-refractivity contribution is 6.03.